The summed E-state index contributed by atoms with van der Waals surface area (Å²) in [5.41, 5.74) is -1.96. The summed E-state index contributed by atoms with van der Waals surface area (Å²) in [5, 5.41) is 5.63. The first-order chi connectivity index (χ1) is 16.8. The minimum absolute atomic E-state index is 0.0320. The van der Waals surface area contributed by atoms with E-state index in [-0.39, 0.29) is 28.3 Å². The molecule has 1 heterocycles. The molecule has 0 aromatic heterocycles. The Balaban J connectivity index is 1.39. The molecule has 2 amide bonds. The summed E-state index contributed by atoms with van der Waals surface area (Å²) in [6.07, 6.45) is 4.21. The second-order valence-electron chi connectivity index (χ2n) is 12.4. The lowest BCUT2D eigenvalue weighted by Gasteiger charge is -2.58. The van der Waals surface area contributed by atoms with E-state index in [1.165, 1.54) is 12.1 Å². The number of benzene rings is 1. The Kier molecular flexibility index (Phi) is 5.88. The molecule has 4 nitrogen and oxygen atoms in total. The first-order valence-corrected chi connectivity index (χ1v) is 13.3. The Morgan fingerprint density at radius 3 is 2.39 bits per heavy atom. The summed E-state index contributed by atoms with van der Waals surface area (Å²) in [4.78, 5) is 25.6. The van der Waals surface area contributed by atoms with Gasteiger partial charge in [0.15, 0.2) is 5.54 Å². The van der Waals surface area contributed by atoms with Crippen LogP contribution in [0.4, 0.5) is 13.2 Å². The largest absolute Gasteiger partial charge is 0.415 e. The highest BCUT2D eigenvalue weighted by atomic mass is 19.4. The number of hydrogen-bond acceptors (Lipinski definition) is 2. The van der Waals surface area contributed by atoms with E-state index in [1.54, 1.807) is 18.2 Å². The summed E-state index contributed by atoms with van der Waals surface area (Å²) in [6.45, 7) is 7.28. The van der Waals surface area contributed by atoms with Crippen molar-refractivity contribution in [3.63, 3.8) is 0 Å². The van der Waals surface area contributed by atoms with E-state index in [0.717, 1.165) is 44.6 Å². The fourth-order valence-corrected chi connectivity index (χ4v) is 8.29. The third kappa shape index (κ3) is 3.71. The second-order valence-corrected chi connectivity index (χ2v) is 12.4. The fraction of sp³-hybridized carbons (Fsp3) is 0.655. The minimum atomic E-state index is -4.63. The summed E-state index contributed by atoms with van der Waals surface area (Å²) < 4.78 is 43.1. The minimum Gasteiger partial charge on any atom is -0.349 e. The summed E-state index contributed by atoms with van der Waals surface area (Å²) in [6, 6.07) is 6.35. The van der Waals surface area contributed by atoms with Gasteiger partial charge >= 0.3 is 6.18 Å². The van der Waals surface area contributed by atoms with Gasteiger partial charge in [0.1, 0.15) is 0 Å². The average molecular weight is 503 g/mol. The van der Waals surface area contributed by atoms with Crippen molar-refractivity contribution in [1.82, 2.24) is 10.6 Å². The van der Waals surface area contributed by atoms with Gasteiger partial charge in [-0.05, 0) is 87.2 Å². The normalized spacial score (nSPS) is 39.3. The van der Waals surface area contributed by atoms with E-state index in [9.17, 15) is 22.8 Å². The Hall–Kier alpha value is -2.31. The third-order valence-electron chi connectivity index (χ3n) is 10.6. The molecule has 36 heavy (non-hydrogen) atoms. The lowest BCUT2D eigenvalue weighted by molar-refractivity contribution is -0.199. The van der Waals surface area contributed by atoms with Gasteiger partial charge < -0.3 is 10.6 Å². The molecule has 4 aliphatic rings. The number of nitrogens with one attached hydrogen (secondary N) is 2. The van der Waals surface area contributed by atoms with Crippen molar-refractivity contribution in [2.24, 2.45) is 34.5 Å². The van der Waals surface area contributed by atoms with Crippen LogP contribution in [0.1, 0.15) is 70.4 Å². The van der Waals surface area contributed by atoms with Crippen molar-refractivity contribution >= 4 is 11.8 Å². The summed E-state index contributed by atoms with van der Waals surface area (Å²) in [5.74, 6) is 0.156. The van der Waals surface area contributed by atoms with Gasteiger partial charge in [-0.15, -0.1) is 0 Å². The average Bonchev–Trinajstić information content (AvgIpc) is 3.16. The summed E-state index contributed by atoms with van der Waals surface area (Å²) in [7, 11) is 0. The SMILES string of the molecule is Cc1ccc(C(C)(NC(=O)[C@H]2CC[C@H]3[C@@H]4CC[C@H]5NC(=O)C=C[C@]5(C)[C@H]4CC[C@]23C)C(F)(F)F)cc1. The molecule has 2 N–H and O–H groups in total. The van der Waals surface area contributed by atoms with E-state index in [1.807, 2.05) is 6.92 Å². The molecule has 3 fully saturated rings. The molecule has 0 bridgehead atoms. The van der Waals surface area contributed by atoms with E-state index < -0.39 is 23.5 Å². The van der Waals surface area contributed by atoms with Crippen molar-refractivity contribution in [2.75, 3.05) is 0 Å². The van der Waals surface area contributed by atoms with Gasteiger partial charge in [0, 0.05) is 17.4 Å². The number of rotatable bonds is 3. The van der Waals surface area contributed by atoms with Gasteiger partial charge in [-0.3, -0.25) is 9.59 Å². The van der Waals surface area contributed by atoms with Crippen LogP contribution in [0, 0.1) is 41.4 Å². The Morgan fingerprint density at radius 2 is 1.72 bits per heavy atom. The van der Waals surface area contributed by atoms with E-state index >= 15 is 0 Å². The predicted molar refractivity (Wildman–Crippen MR) is 132 cm³/mol. The van der Waals surface area contributed by atoms with Crippen LogP contribution in [0.3, 0.4) is 0 Å². The number of halogens is 3. The zero-order valence-electron chi connectivity index (χ0n) is 21.5. The van der Waals surface area contributed by atoms with Crippen LogP contribution in [0.2, 0.25) is 0 Å². The number of carbonyl (C=O) groups excluding carboxylic acids is 2. The summed E-state index contributed by atoms with van der Waals surface area (Å²) >= 11 is 0. The fourth-order valence-electron chi connectivity index (χ4n) is 8.29. The maximum Gasteiger partial charge on any atom is 0.415 e. The van der Waals surface area contributed by atoms with Crippen molar-refractivity contribution in [3.05, 3.63) is 47.5 Å². The van der Waals surface area contributed by atoms with Crippen LogP contribution in [0.5, 0.6) is 0 Å². The molecule has 5 rings (SSSR count). The Bertz CT molecular complexity index is 1080. The molecule has 0 radical (unpaired) electrons. The highest BCUT2D eigenvalue weighted by Crippen LogP contribution is 2.65. The molecule has 7 heteroatoms. The number of amides is 2. The van der Waals surface area contributed by atoms with Crippen molar-refractivity contribution < 1.29 is 22.8 Å². The van der Waals surface area contributed by atoms with Crippen LogP contribution < -0.4 is 10.6 Å². The first kappa shape index (κ1) is 25.3. The maximum absolute atomic E-state index is 14.4. The lowest BCUT2D eigenvalue weighted by atomic mass is 9.48. The van der Waals surface area contributed by atoms with Crippen molar-refractivity contribution in [1.29, 1.82) is 0 Å². The molecule has 1 aliphatic heterocycles. The maximum atomic E-state index is 14.4. The third-order valence-corrected chi connectivity index (χ3v) is 10.6. The quantitative estimate of drug-likeness (QED) is 0.549. The van der Waals surface area contributed by atoms with Gasteiger partial charge in [-0.2, -0.15) is 13.2 Å². The first-order valence-electron chi connectivity index (χ1n) is 13.3. The molecule has 1 aromatic rings. The number of hydrogen-bond donors (Lipinski definition) is 2. The van der Waals surface area contributed by atoms with Crippen molar-refractivity contribution in [3.8, 4) is 0 Å². The van der Waals surface area contributed by atoms with Gasteiger partial charge in [-0.1, -0.05) is 49.8 Å². The Labute approximate surface area is 211 Å². The van der Waals surface area contributed by atoms with E-state index in [4.69, 9.17) is 0 Å². The zero-order valence-corrected chi connectivity index (χ0v) is 21.5. The molecule has 3 saturated carbocycles. The number of fused-ring (bicyclic) bond motifs is 5. The molecule has 0 saturated heterocycles. The van der Waals surface area contributed by atoms with Crippen LogP contribution in [-0.2, 0) is 15.1 Å². The van der Waals surface area contributed by atoms with Gasteiger partial charge in [0.05, 0.1) is 0 Å². The van der Waals surface area contributed by atoms with Crippen molar-refractivity contribution in [2.45, 2.75) is 84.0 Å². The van der Waals surface area contributed by atoms with Crippen LogP contribution in [0.15, 0.2) is 36.4 Å². The van der Waals surface area contributed by atoms with Crippen LogP contribution in [-0.4, -0.2) is 24.0 Å². The lowest BCUT2D eigenvalue weighted by Crippen LogP contribution is -2.60. The van der Waals surface area contributed by atoms with Crippen LogP contribution in [0.25, 0.3) is 0 Å². The van der Waals surface area contributed by atoms with E-state index in [0.29, 0.717) is 24.2 Å². The standard InChI is InChI=1S/C29H37F3N2O2/c1-17-5-7-18(8-6-17)28(4,29(30,31)32)34-25(36)22-11-10-20-19-9-12-23-27(3,16-14-24(35)33-23)21(19)13-15-26(20,22)2/h5-8,14,16,19-23H,9-13,15H2,1-4H3,(H,33,35)(H,34,36)/t19-,20-,21-,22+,23+,26-,27+,28?/m0/s1. The monoisotopic (exact) mass is 502 g/mol. The van der Waals surface area contributed by atoms with Gasteiger partial charge in [-0.25, -0.2) is 0 Å². The predicted octanol–water partition coefficient (Wildman–Crippen LogP) is 5.80. The second kappa shape index (κ2) is 8.35. The molecule has 1 unspecified atom stereocenters. The molecule has 0 spiro atoms. The molecular formula is C29H37F3N2O2. The van der Waals surface area contributed by atoms with E-state index in [2.05, 4.69) is 30.6 Å². The zero-order chi connectivity index (χ0) is 26.1. The van der Waals surface area contributed by atoms with Gasteiger partial charge in [0.25, 0.3) is 0 Å². The number of alkyl halides is 3. The molecule has 1 aromatic carbocycles. The number of carbonyl (C=O) groups is 2. The highest BCUT2D eigenvalue weighted by Gasteiger charge is 2.62. The number of aryl methyl sites for hydroxylation is 1. The molecule has 3 aliphatic carbocycles. The molecule has 8 atom stereocenters. The smallest absolute Gasteiger partial charge is 0.349 e. The topological polar surface area (TPSA) is 58.2 Å². The molecular weight excluding hydrogens is 465 g/mol. The Morgan fingerprint density at radius 1 is 1.03 bits per heavy atom. The van der Waals surface area contributed by atoms with Gasteiger partial charge in [0.2, 0.25) is 11.8 Å². The van der Waals surface area contributed by atoms with Crippen LogP contribution >= 0.6 is 0 Å². The molecule has 196 valence electrons. The highest BCUT2D eigenvalue weighted by molar-refractivity contribution is 5.89.